The minimum absolute atomic E-state index is 0.270. The highest BCUT2D eigenvalue weighted by Gasteiger charge is 2.23. The highest BCUT2D eigenvalue weighted by molar-refractivity contribution is 5.36. The Labute approximate surface area is 105 Å². The van der Waals surface area contributed by atoms with Gasteiger partial charge in [0.25, 0.3) is 0 Å². The molecule has 1 heterocycles. The summed E-state index contributed by atoms with van der Waals surface area (Å²) in [6.07, 6.45) is 2.28. The third-order valence-electron chi connectivity index (χ3n) is 3.66. The summed E-state index contributed by atoms with van der Waals surface area (Å²) in [7, 11) is 1.74. The fourth-order valence-electron chi connectivity index (χ4n) is 2.50. The molecule has 2 heteroatoms. The van der Waals surface area contributed by atoms with Crippen molar-refractivity contribution in [1.29, 1.82) is 0 Å². The molecule has 17 heavy (non-hydrogen) atoms. The van der Waals surface area contributed by atoms with Crippen molar-refractivity contribution in [2.45, 2.75) is 39.2 Å². The van der Waals surface area contributed by atoms with Crippen LogP contribution in [0.4, 0.5) is 0 Å². The molecule has 0 unspecified atom stereocenters. The number of rotatable bonds is 1. The Hall–Kier alpha value is -1.02. The SMILES string of the molecule is COc1ccc2c(c1)CCN(C(C)(C)C)CC2. The summed E-state index contributed by atoms with van der Waals surface area (Å²) >= 11 is 0. The Morgan fingerprint density at radius 1 is 1.06 bits per heavy atom. The van der Waals surface area contributed by atoms with Crippen LogP contribution >= 0.6 is 0 Å². The van der Waals surface area contributed by atoms with Crippen molar-refractivity contribution in [1.82, 2.24) is 4.90 Å². The molecule has 0 N–H and O–H groups in total. The zero-order valence-corrected chi connectivity index (χ0v) is 11.4. The van der Waals surface area contributed by atoms with Crippen LogP contribution in [0.15, 0.2) is 18.2 Å². The molecule has 0 fully saturated rings. The van der Waals surface area contributed by atoms with E-state index in [1.807, 2.05) is 0 Å². The first-order chi connectivity index (χ1) is 8.00. The van der Waals surface area contributed by atoms with Crippen LogP contribution in [0, 0.1) is 0 Å². The number of benzene rings is 1. The van der Waals surface area contributed by atoms with E-state index in [0.717, 1.165) is 31.7 Å². The second kappa shape index (κ2) is 4.69. The van der Waals surface area contributed by atoms with Gasteiger partial charge in [-0.1, -0.05) is 6.07 Å². The van der Waals surface area contributed by atoms with Crippen molar-refractivity contribution in [3.8, 4) is 5.75 Å². The van der Waals surface area contributed by atoms with Crippen LogP contribution in [0.2, 0.25) is 0 Å². The van der Waals surface area contributed by atoms with E-state index in [-0.39, 0.29) is 5.54 Å². The second-order valence-electron chi connectivity index (χ2n) is 5.79. The summed E-state index contributed by atoms with van der Waals surface area (Å²) in [5, 5.41) is 0. The number of nitrogens with zero attached hydrogens (tertiary/aromatic N) is 1. The van der Waals surface area contributed by atoms with Crippen LogP contribution in [0.1, 0.15) is 31.9 Å². The van der Waals surface area contributed by atoms with Gasteiger partial charge in [-0.2, -0.15) is 0 Å². The summed E-state index contributed by atoms with van der Waals surface area (Å²) in [5.41, 5.74) is 3.21. The molecule has 94 valence electrons. The molecule has 0 spiro atoms. The van der Waals surface area contributed by atoms with Gasteiger partial charge in [-0.05, 0) is 56.9 Å². The molecular weight excluding hydrogens is 210 g/mol. The maximum absolute atomic E-state index is 5.30. The molecule has 0 saturated carbocycles. The van der Waals surface area contributed by atoms with Gasteiger partial charge in [0.1, 0.15) is 5.75 Å². The summed E-state index contributed by atoms with van der Waals surface area (Å²) in [4.78, 5) is 2.57. The van der Waals surface area contributed by atoms with Crippen molar-refractivity contribution in [2.24, 2.45) is 0 Å². The standard InChI is InChI=1S/C15H23NO/c1-15(2,3)16-9-7-12-5-6-14(17-4)11-13(12)8-10-16/h5-6,11H,7-10H2,1-4H3. The van der Waals surface area contributed by atoms with Crippen LogP contribution in [-0.2, 0) is 12.8 Å². The van der Waals surface area contributed by atoms with E-state index in [2.05, 4.69) is 43.9 Å². The van der Waals surface area contributed by atoms with Crippen molar-refractivity contribution in [3.63, 3.8) is 0 Å². The van der Waals surface area contributed by atoms with Gasteiger partial charge in [-0.25, -0.2) is 0 Å². The van der Waals surface area contributed by atoms with E-state index < -0.39 is 0 Å². The first-order valence-electron chi connectivity index (χ1n) is 6.41. The number of fused-ring (bicyclic) bond motifs is 1. The topological polar surface area (TPSA) is 12.5 Å². The van der Waals surface area contributed by atoms with Crippen molar-refractivity contribution < 1.29 is 4.74 Å². The predicted molar refractivity (Wildman–Crippen MR) is 71.7 cm³/mol. The van der Waals surface area contributed by atoms with E-state index in [1.54, 1.807) is 7.11 Å². The molecule has 2 rings (SSSR count). The Morgan fingerprint density at radius 3 is 2.29 bits per heavy atom. The molecule has 0 saturated heterocycles. The molecule has 1 aliphatic heterocycles. The van der Waals surface area contributed by atoms with Gasteiger partial charge in [0, 0.05) is 18.6 Å². The average molecular weight is 233 g/mol. The fourth-order valence-corrected chi connectivity index (χ4v) is 2.50. The third kappa shape index (κ3) is 2.81. The summed E-state index contributed by atoms with van der Waals surface area (Å²) in [6, 6.07) is 6.49. The van der Waals surface area contributed by atoms with Crippen molar-refractivity contribution in [2.75, 3.05) is 20.2 Å². The van der Waals surface area contributed by atoms with Gasteiger partial charge in [0.2, 0.25) is 0 Å². The highest BCUT2D eigenvalue weighted by Crippen LogP contribution is 2.24. The van der Waals surface area contributed by atoms with E-state index in [4.69, 9.17) is 4.74 Å². The average Bonchev–Trinajstić information content (AvgIpc) is 2.49. The largest absolute Gasteiger partial charge is 0.497 e. The summed E-state index contributed by atoms with van der Waals surface area (Å²) in [5.74, 6) is 0.980. The molecule has 2 nitrogen and oxygen atoms in total. The van der Waals surface area contributed by atoms with Crippen LogP contribution < -0.4 is 4.74 Å². The Balaban J connectivity index is 2.18. The molecule has 0 atom stereocenters. The lowest BCUT2D eigenvalue weighted by atomic mass is 10.0. The predicted octanol–water partition coefficient (Wildman–Crippen LogP) is 2.89. The van der Waals surface area contributed by atoms with Gasteiger partial charge in [0.05, 0.1) is 7.11 Å². The van der Waals surface area contributed by atoms with Crippen LogP contribution in [0.3, 0.4) is 0 Å². The maximum Gasteiger partial charge on any atom is 0.119 e. The number of hydrogen-bond donors (Lipinski definition) is 0. The minimum atomic E-state index is 0.270. The fraction of sp³-hybridized carbons (Fsp3) is 0.600. The Bertz CT molecular complexity index is 392. The lowest BCUT2D eigenvalue weighted by Gasteiger charge is -2.34. The number of hydrogen-bond acceptors (Lipinski definition) is 2. The first-order valence-corrected chi connectivity index (χ1v) is 6.41. The van der Waals surface area contributed by atoms with E-state index in [0.29, 0.717) is 0 Å². The lowest BCUT2D eigenvalue weighted by Crippen LogP contribution is -2.42. The van der Waals surface area contributed by atoms with E-state index in [1.165, 1.54) is 11.1 Å². The number of methoxy groups -OCH3 is 1. The minimum Gasteiger partial charge on any atom is -0.497 e. The highest BCUT2D eigenvalue weighted by atomic mass is 16.5. The zero-order valence-electron chi connectivity index (χ0n) is 11.4. The normalized spacial score (nSPS) is 17.4. The van der Waals surface area contributed by atoms with Crippen LogP contribution in [0.25, 0.3) is 0 Å². The number of ether oxygens (including phenoxy) is 1. The molecular formula is C15H23NO. The van der Waals surface area contributed by atoms with Crippen molar-refractivity contribution >= 4 is 0 Å². The molecule has 0 radical (unpaired) electrons. The lowest BCUT2D eigenvalue weighted by molar-refractivity contribution is 0.144. The molecule has 1 aromatic carbocycles. The van der Waals surface area contributed by atoms with Gasteiger partial charge in [-0.3, -0.25) is 4.90 Å². The van der Waals surface area contributed by atoms with E-state index in [9.17, 15) is 0 Å². The van der Waals surface area contributed by atoms with Crippen LogP contribution in [0.5, 0.6) is 5.75 Å². The summed E-state index contributed by atoms with van der Waals surface area (Å²) in [6.45, 7) is 9.18. The molecule has 0 aromatic heterocycles. The zero-order chi connectivity index (χ0) is 12.5. The Kier molecular flexibility index (Phi) is 3.43. The molecule has 0 amide bonds. The van der Waals surface area contributed by atoms with Gasteiger partial charge in [0.15, 0.2) is 0 Å². The molecule has 1 aromatic rings. The van der Waals surface area contributed by atoms with Gasteiger partial charge < -0.3 is 4.74 Å². The molecule has 1 aliphatic rings. The second-order valence-corrected chi connectivity index (χ2v) is 5.79. The third-order valence-corrected chi connectivity index (χ3v) is 3.66. The smallest absolute Gasteiger partial charge is 0.119 e. The summed E-state index contributed by atoms with van der Waals surface area (Å²) < 4.78 is 5.30. The van der Waals surface area contributed by atoms with Crippen molar-refractivity contribution in [3.05, 3.63) is 29.3 Å². The van der Waals surface area contributed by atoms with Gasteiger partial charge >= 0.3 is 0 Å². The van der Waals surface area contributed by atoms with Crippen LogP contribution in [-0.4, -0.2) is 30.6 Å². The monoisotopic (exact) mass is 233 g/mol. The first kappa shape index (κ1) is 12.4. The van der Waals surface area contributed by atoms with E-state index >= 15 is 0 Å². The Morgan fingerprint density at radius 2 is 1.71 bits per heavy atom. The van der Waals surface area contributed by atoms with Gasteiger partial charge in [-0.15, -0.1) is 0 Å². The molecule has 0 aliphatic carbocycles. The quantitative estimate of drug-likeness (QED) is 0.739. The molecule has 0 bridgehead atoms. The maximum atomic E-state index is 5.30.